The fraction of sp³-hybridized carbons (Fsp3) is 0.375. The molecular weight excluding hydrogens is 360 g/mol. The van der Waals surface area contributed by atoms with Crippen molar-refractivity contribution in [3.63, 3.8) is 0 Å². The molecule has 0 spiro atoms. The third kappa shape index (κ3) is 3.59. The van der Waals surface area contributed by atoms with Gasteiger partial charge in [-0.3, -0.25) is 14.9 Å². The summed E-state index contributed by atoms with van der Waals surface area (Å²) in [5, 5.41) is 18.0. The van der Waals surface area contributed by atoms with Crippen LogP contribution in [0.1, 0.15) is 34.1 Å². The van der Waals surface area contributed by atoms with E-state index in [1.807, 2.05) is 0 Å². The van der Waals surface area contributed by atoms with Crippen LogP contribution in [-0.4, -0.2) is 40.5 Å². The quantitative estimate of drug-likeness (QED) is 0.641. The number of carbonyl (C=O) groups is 1. The van der Waals surface area contributed by atoms with Crippen molar-refractivity contribution in [1.29, 1.82) is 0 Å². The Bertz CT molecular complexity index is 996. The Kier molecular flexibility index (Phi) is 4.53. The molecule has 1 atom stereocenters. The molecule has 0 saturated carbocycles. The van der Waals surface area contributed by atoms with Crippen LogP contribution in [0, 0.1) is 24.0 Å². The van der Waals surface area contributed by atoms with Crippen molar-refractivity contribution in [1.82, 2.24) is 9.78 Å². The van der Waals surface area contributed by atoms with Crippen LogP contribution in [0.25, 0.3) is 0 Å². The molecule has 0 aliphatic carbocycles. The summed E-state index contributed by atoms with van der Waals surface area (Å²) in [7, 11) is -3.10. The molecular formula is C16H18N4O5S. The maximum atomic E-state index is 12.5. The van der Waals surface area contributed by atoms with E-state index in [9.17, 15) is 23.3 Å². The second-order valence-electron chi connectivity index (χ2n) is 6.38. The normalized spacial score (nSPS) is 18.6. The Morgan fingerprint density at radius 1 is 1.35 bits per heavy atom. The van der Waals surface area contributed by atoms with Crippen molar-refractivity contribution in [2.24, 2.45) is 0 Å². The second kappa shape index (κ2) is 6.52. The Morgan fingerprint density at radius 3 is 2.69 bits per heavy atom. The van der Waals surface area contributed by atoms with Crippen LogP contribution in [0.2, 0.25) is 0 Å². The van der Waals surface area contributed by atoms with E-state index in [0.29, 0.717) is 23.5 Å². The molecule has 1 aromatic heterocycles. The van der Waals surface area contributed by atoms with E-state index in [1.165, 1.54) is 22.9 Å². The number of nitro benzene ring substituents is 1. The van der Waals surface area contributed by atoms with Gasteiger partial charge in [-0.1, -0.05) is 6.07 Å². The van der Waals surface area contributed by atoms with E-state index >= 15 is 0 Å². The summed E-state index contributed by atoms with van der Waals surface area (Å²) in [6, 6.07) is 5.55. The molecule has 1 amide bonds. The number of carbonyl (C=O) groups excluding carboxylic acids is 1. The molecule has 1 aromatic carbocycles. The van der Waals surface area contributed by atoms with Gasteiger partial charge in [0.2, 0.25) is 0 Å². The summed E-state index contributed by atoms with van der Waals surface area (Å²) in [6.45, 7) is 3.34. The minimum atomic E-state index is -3.10. The number of sulfone groups is 1. The van der Waals surface area contributed by atoms with Gasteiger partial charge in [0, 0.05) is 23.3 Å². The van der Waals surface area contributed by atoms with Crippen LogP contribution in [0.15, 0.2) is 24.3 Å². The minimum Gasteiger partial charge on any atom is -0.307 e. The first-order valence-corrected chi connectivity index (χ1v) is 9.81. The smallest absolute Gasteiger partial charge is 0.273 e. The van der Waals surface area contributed by atoms with E-state index in [2.05, 4.69) is 10.4 Å². The average Bonchev–Trinajstić information content (AvgIpc) is 3.09. The van der Waals surface area contributed by atoms with Crippen molar-refractivity contribution in [3.8, 4) is 0 Å². The van der Waals surface area contributed by atoms with Gasteiger partial charge in [0.15, 0.2) is 9.84 Å². The lowest BCUT2D eigenvalue weighted by molar-refractivity contribution is -0.385. The fourth-order valence-electron chi connectivity index (χ4n) is 2.99. The maximum absolute atomic E-state index is 12.5. The lowest BCUT2D eigenvalue weighted by Gasteiger charge is -2.14. The molecule has 0 radical (unpaired) electrons. The molecule has 2 heterocycles. The van der Waals surface area contributed by atoms with Gasteiger partial charge in [-0.25, -0.2) is 13.1 Å². The first kappa shape index (κ1) is 18.1. The van der Waals surface area contributed by atoms with Crippen LogP contribution in [-0.2, 0) is 9.84 Å². The molecule has 1 saturated heterocycles. The number of nitrogens with one attached hydrogen (secondary N) is 1. The first-order chi connectivity index (χ1) is 12.2. The Morgan fingerprint density at radius 2 is 2.08 bits per heavy atom. The predicted octanol–water partition coefficient (Wildman–Crippen LogP) is 2.02. The number of aryl methyl sites for hydroxylation is 2. The largest absolute Gasteiger partial charge is 0.307 e. The maximum Gasteiger partial charge on any atom is 0.273 e. The number of amides is 1. The molecule has 26 heavy (non-hydrogen) atoms. The Balaban J connectivity index is 1.87. The van der Waals surface area contributed by atoms with Gasteiger partial charge >= 0.3 is 0 Å². The second-order valence-corrected chi connectivity index (χ2v) is 8.61. The summed E-state index contributed by atoms with van der Waals surface area (Å²) in [4.78, 5) is 23.0. The molecule has 3 rings (SSSR count). The highest BCUT2D eigenvalue weighted by Crippen LogP contribution is 2.27. The van der Waals surface area contributed by atoms with Crippen LogP contribution in [0.4, 0.5) is 11.5 Å². The number of hydrogen-bond donors (Lipinski definition) is 1. The zero-order valence-electron chi connectivity index (χ0n) is 14.3. The van der Waals surface area contributed by atoms with Gasteiger partial charge in [0.05, 0.1) is 28.2 Å². The molecule has 10 heteroatoms. The summed E-state index contributed by atoms with van der Waals surface area (Å²) < 4.78 is 24.9. The van der Waals surface area contributed by atoms with Crippen molar-refractivity contribution in [2.45, 2.75) is 26.3 Å². The molecule has 9 nitrogen and oxygen atoms in total. The molecule has 0 bridgehead atoms. The predicted molar refractivity (Wildman–Crippen MR) is 95.1 cm³/mol. The van der Waals surface area contributed by atoms with Gasteiger partial charge in [-0.2, -0.15) is 5.10 Å². The molecule has 1 N–H and O–H groups in total. The fourth-order valence-corrected chi connectivity index (χ4v) is 4.68. The van der Waals surface area contributed by atoms with Gasteiger partial charge in [0.1, 0.15) is 5.82 Å². The van der Waals surface area contributed by atoms with Gasteiger partial charge < -0.3 is 5.32 Å². The average molecular weight is 378 g/mol. The number of hydrogen-bond acceptors (Lipinski definition) is 6. The highest BCUT2D eigenvalue weighted by Gasteiger charge is 2.31. The summed E-state index contributed by atoms with van der Waals surface area (Å²) in [6.07, 6.45) is 0.433. The van der Waals surface area contributed by atoms with E-state index in [1.54, 1.807) is 19.9 Å². The van der Waals surface area contributed by atoms with E-state index < -0.39 is 20.7 Å². The zero-order chi connectivity index (χ0) is 19.1. The highest BCUT2D eigenvalue weighted by molar-refractivity contribution is 7.91. The molecule has 1 unspecified atom stereocenters. The van der Waals surface area contributed by atoms with Gasteiger partial charge in [-0.05, 0) is 26.3 Å². The van der Waals surface area contributed by atoms with Crippen molar-refractivity contribution < 1.29 is 18.1 Å². The van der Waals surface area contributed by atoms with E-state index in [-0.39, 0.29) is 28.8 Å². The molecule has 138 valence electrons. The van der Waals surface area contributed by atoms with Gasteiger partial charge in [0.25, 0.3) is 11.6 Å². The number of nitrogens with zero attached hydrogens (tertiary/aromatic N) is 3. The number of anilines is 1. The third-order valence-electron chi connectivity index (χ3n) is 4.32. The SMILES string of the molecule is Cc1cc(NC(=O)c2ccc(C)c([N+](=O)[O-])c2)n(C2CCS(=O)(=O)C2)n1. The Hall–Kier alpha value is -2.75. The summed E-state index contributed by atoms with van der Waals surface area (Å²) >= 11 is 0. The zero-order valence-corrected chi connectivity index (χ0v) is 15.1. The Labute approximate surface area is 150 Å². The van der Waals surface area contributed by atoms with E-state index in [0.717, 1.165) is 0 Å². The van der Waals surface area contributed by atoms with Crippen LogP contribution < -0.4 is 5.32 Å². The molecule has 1 fully saturated rings. The van der Waals surface area contributed by atoms with Crippen molar-refractivity contribution in [2.75, 3.05) is 16.8 Å². The monoisotopic (exact) mass is 378 g/mol. The lowest BCUT2D eigenvalue weighted by Crippen LogP contribution is -2.19. The number of nitro groups is 1. The van der Waals surface area contributed by atoms with Crippen LogP contribution in [0.5, 0.6) is 0 Å². The molecule has 1 aliphatic rings. The number of benzene rings is 1. The molecule has 2 aromatic rings. The minimum absolute atomic E-state index is 0.0208. The third-order valence-corrected chi connectivity index (χ3v) is 6.07. The van der Waals surface area contributed by atoms with Gasteiger partial charge in [-0.15, -0.1) is 0 Å². The number of rotatable bonds is 4. The van der Waals surface area contributed by atoms with E-state index in [4.69, 9.17) is 0 Å². The number of aromatic nitrogens is 2. The summed E-state index contributed by atoms with van der Waals surface area (Å²) in [5.41, 5.74) is 1.11. The first-order valence-electron chi connectivity index (χ1n) is 7.99. The standard InChI is InChI=1S/C16H18N4O5S/c1-10-3-4-12(8-14(10)20(22)23)16(21)17-15-7-11(2)18-19(15)13-5-6-26(24,25)9-13/h3-4,7-8,13H,5-6,9H2,1-2H3,(H,17,21). The topological polar surface area (TPSA) is 124 Å². The van der Waals surface area contributed by atoms with Crippen molar-refractivity contribution in [3.05, 3.63) is 51.2 Å². The van der Waals surface area contributed by atoms with Crippen molar-refractivity contribution >= 4 is 27.2 Å². The molecule has 1 aliphatic heterocycles. The highest BCUT2D eigenvalue weighted by atomic mass is 32.2. The lowest BCUT2D eigenvalue weighted by atomic mass is 10.1. The van der Waals surface area contributed by atoms with Crippen LogP contribution in [0.3, 0.4) is 0 Å². The summed E-state index contributed by atoms with van der Waals surface area (Å²) in [5.74, 6) is -0.0749. The van der Waals surface area contributed by atoms with Crippen LogP contribution >= 0.6 is 0 Å².